The molecule has 0 spiro atoms. The van der Waals surface area contributed by atoms with E-state index in [0.717, 1.165) is 32.1 Å². The summed E-state index contributed by atoms with van der Waals surface area (Å²) in [5.74, 6) is 0.433. The summed E-state index contributed by atoms with van der Waals surface area (Å²) in [6.07, 6.45) is 6.17. The van der Waals surface area contributed by atoms with Crippen molar-refractivity contribution in [3.8, 4) is 16.9 Å². The van der Waals surface area contributed by atoms with Crippen LogP contribution in [0.1, 0.15) is 59.7 Å². The Hall–Kier alpha value is -3.04. The van der Waals surface area contributed by atoms with Gasteiger partial charge in [0.25, 0.3) is 10.0 Å². The second-order valence-corrected chi connectivity index (χ2v) is 11.0. The quantitative estimate of drug-likeness (QED) is 0.382. The van der Waals surface area contributed by atoms with E-state index in [-0.39, 0.29) is 28.2 Å². The van der Waals surface area contributed by atoms with Gasteiger partial charge in [0, 0.05) is 17.2 Å². The van der Waals surface area contributed by atoms with Crippen molar-refractivity contribution in [2.45, 2.75) is 55.9 Å². The number of hydrogen-bond donors (Lipinski definition) is 1. The molecular formula is C25H25ClN2O6S. The van der Waals surface area contributed by atoms with Crippen molar-refractivity contribution in [3.63, 3.8) is 0 Å². The molecule has 0 saturated heterocycles. The zero-order valence-electron chi connectivity index (χ0n) is 19.3. The molecule has 3 aromatic rings. The van der Waals surface area contributed by atoms with Crippen LogP contribution in [0.3, 0.4) is 0 Å². The molecule has 0 radical (unpaired) electrons. The summed E-state index contributed by atoms with van der Waals surface area (Å²) in [6, 6.07) is 7.91. The van der Waals surface area contributed by atoms with E-state index in [1.807, 2.05) is 0 Å². The van der Waals surface area contributed by atoms with Crippen molar-refractivity contribution in [2.75, 3.05) is 11.8 Å². The lowest BCUT2D eigenvalue weighted by atomic mass is 9.96. The Balaban J connectivity index is 1.59. The van der Waals surface area contributed by atoms with Crippen LogP contribution in [0.5, 0.6) is 5.75 Å². The number of carbonyl (C=O) groups is 1. The van der Waals surface area contributed by atoms with Gasteiger partial charge in [-0.15, -0.1) is 0 Å². The number of ether oxygens (including phenoxy) is 2. The molecule has 0 aliphatic heterocycles. The summed E-state index contributed by atoms with van der Waals surface area (Å²) in [5, 5.41) is 4.20. The Morgan fingerprint density at radius 1 is 1.14 bits per heavy atom. The molecule has 0 amide bonds. The first-order valence-electron chi connectivity index (χ1n) is 11.4. The number of benzene rings is 2. The number of carbonyl (C=O) groups excluding carboxylic acids is 1. The fourth-order valence-corrected chi connectivity index (χ4v) is 5.75. The number of rotatable bonds is 8. The molecule has 2 aromatic carbocycles. The summed E-state index contributed by atoms with van der Waals surface area (Å²) in [4.78, 5) is 12.2. The predicted molar refractivity (Wildman–Crippen MR) is 131 cm³/mol. The number of halogens is 1. The van der Waals surface area contributed by atoms with Crippen LogP contribution >= 0.6 is 11.6 Å². The summed E-state index contributed by atoms with van der Waals surface area (Å²) in [5.41, 5.74) is 2.31. The number of esters is 1. The van der Waals surface area contributed by atoms with Crippen LogP contribution in [0.25, 0.3) is 11.1 Å². The first kappa shape index (κ1) is 23.7. The minimum absolute atomic E-state index is 0.00201. The van der Waals surface area contributed by atoms with Crippen LogP contribution in [0.4, 0.5) is 5.69 Å². The zero-order valence-corrected chi connectivity index (χ0v) is 20.9. The third-order valence-corrected chi connectivity index (χ3v) is 8.18. The molecule has 35 heavy (non-hydrogen) atoms. The Morgan fingerprint density at radius 2 is 1.91 bits per heavy atom. The van der Waals surface area contributed by atoms with Crippen LogP contribution in [0.15, 0.2) is 45.9 Å². The van der Waals surface area contributed by atoms with Gasteiger partial charge in [-0.25, -0.2) is 13.2 Å². The highest BCUT2D eigenvalue weighted by atomic mass is 35.5. The van der Waals surface area contributed by atoms with Gasteiger partial charge in [-0.1, -0.05) is 22.8 Å². The monoisotopic (exact) mass is 516 g/mol. The van der Waals surface area contributed by atoms with E-state index in [4.69, 9.17) is 25.6 Å². The van der Waals surface area contributed by atoms with Crippen LogP contribution in [0.2, 0.25) is 5.02 Å². The van der Waals surface area contributed by atoms with E-state index in [1.165, 1.54) is 19.4 Å². The highest BCUT2D eigenvalue weighted by molar-refractivity contribution is 7.92. The number of sulfonamides is 1. The Morgan fingerprint density at radius 3 is 2.51 bits per heavy atom. The summed E-state index contributed by atoms with van der Waals surface area (Å²) < 4.78 is 46.2. The molecule has 8 nitrogen and oxygen atoms in total. The second kappa shape index (κ2) is 9.20. The first-order chi connectivity index (χ1) is 16.8. The number of nitrogens with one attached hydrogen (secondary N) is 1. The van der Waals surface area contributed by atoms with Crippen LogP contribution < -0.4 is 9.46 Å². The van der Waals surface area contributed by atoms with Gasteiger partial charge in [0.05, 0.1) is 40.6 Å². The van der Waals surface area contributed by atoms with Gasteiger partial charge in [0.1, 0.15) is 11.5 Å². The number of aromatic nitrogens is 1. The maximum Gasteiger partial charge on any atom is 0.337 e. The van der Waals surface area contributed by atoms with Crippen LogP contribution in [-0.2, 0) is 14.8 Å². The molecular weight excluding hydrogens is 492 g/mol. The van der Waals surface area contributed by atoms with Gasteiger partial charge in [0.15, 0.2) is 0 Å². The normalized spacial score (nSPS) is 16.0. The minimum Gasteiger partial charge on any atom is -0.488 e. The van der Waals surface area contributed by atoms with Crippen LogP contribution in [-0.4, -0.2) is 32.8 Å². The number of nitrogens with zero attached hydrogens (tertiary/aromatic N) is 1. The largest absolute Gasteiger partial charge is 0.488 e. The molecule has 1 aromatic heterocycles. The van der Waals surface area contributed by atoms with Crippen molar-refractivity contribution in [3.05, 3.63) is 58.4 Å². The first-order valence-corrected chi connectivity index (χ1v) is 13.3. The molecule has 0 atom stereocenters. The SMILES string of the molecule is COC(=O)c1ccc(C2CC2)c(S(=O)(=O)Nc2cc(-c3cnoc3C)c(Cl)cc2OC2CCC2)c1. The lowest BCUT2D eigenvalue weighted by Gasteiger charge is -2.28. The van der Waals surface area contributed by atoms with Gasteiger partial charge in [-0.3, -0.25) is 4.72 Å². The average Bonchev–Trinajstić information content (AvgIpc) is 3.57. The van der Waals surface area contributed by atoms with Crippen molar-refractivity contribution >= 4 is 33.3 Å². The zero-order chi connectivity index (χ0) is 24.7. The van der Waals surface area contributed by atoms with E-state index >= 15 is 0 Å². The van der Waals surface area contributed by atoms with E-state index in [1.54, 1.807) is 31.2 Å². The molecule has 184 valence electrons. The third-order valence-electron chi connectivity index (χ3n) is 6.44. The molecule has 0 unspecified atom stereocenters. The second-order valence-electron chi connectivity index (χ2n) is 8.92. The third kappa shape index (κ3) is 4.75. The van der Waals surface area contributed by atoms with E-state index in [9.17, 15) is 13.2 Å². The number of methoxy groups -OCH3 is 1. The Kier molecular flexibility index (Phi) is 6.23. The topological polar surface area (TPSA) is 108 Å². The summed E-state index contributed by atoms with van der Waals surface area (Å²) in [6.45, 7) is 1.75. The van der Waals surface area contributed by atoms with E-state index < -0.39 is 16.0 Å². The average molecular weight is 517 g/mol. The van der Waals surface area contributed by atoms with E-state index in [2.05, 4.69) is 9.88 Å². The Bertz CT molecular complexity index is 1390. The fourth-order valence-electron chi connectivity index (χ4n) is 4.11. The summed E-state index contributed by atoms with van der Waals surface area (Å²) in [7, 11) is -2.83. The highest BCUT2D eigenvalue weighted by Gasteiger charge is 2.32. The van der Waals surface area contributed by atoms with Gasteiger partial charge >= 0.3 is 5.97 Å². The molecule has 0 bridgehead atoms. The fraction of sp³-hybridized carbons (Fsp3) is 0.360. The molecule has 1 N–H and O–H groups in total. The smallest absolute Gasteiger partial charge is 0.337 e. The lowest BCUT2D eigenvalue weighted by molar-refractivity contribution is 0.0600. The maximum absolute atomic E-state index is 13.7. The van der Waals surface area contributed by atoms with Gasteiger partial charge in [0.2, 0.25) is 0 Å². The predicted octanol–water partition coefficient (Wildman–Crippen LogP) is 5.70. The molecule has 10 heteroatoms. The number of aryl methyl sites for hydroxylation is 1. The molecule has 2 aliphatic rings. The highest BCUT2D eigenvalue weighted by Crippen LogP contribution is 2.45. The Labute approximate surface area is 208 Å². The van der Waals surface area contributed by atoms with Crippen molar-refractivity contribution in [1.82, 2.24) is 5.16 Å². The lowest BCUT2D eigenvalue weighted by Crippen LogP contribution is -2.25. The molecule has 2 fully saturated rings. The molecule has 2 saturated carbocycles. The minimum atomic E-state index is -4.09. The van der Waals surface area contributed by atoms with Gasteiger partial charge in [-0.05, 0) is 68.7 Å². The maximum atomic E-state index is 13.7. The van der Waals surface area contributed by atoms with Crippen LogP contribution in [0, 0.1) is 6.92 Å². The van der Waals surface area contributed by atoms with E-state index in [0.29, 0.717) is 33.2 Å². The summed E-state index contributed by atoms with van der Waals surface area (Å²) >= 11 is 6.57. The number of hydrogen-bond acceptors (Lipinski definition) is 7. The van der Waals surface area contributed by atoms with Gasteiger partial charge < -0.3 is 14.0 Å². The van der Waals surface area contributed by atoms with Crippen molar-refractivity contribution in [2.24, 2.45) is 0 Å². The van der Waals surface area contributed by atoms with Crippen molar-refractivity contribution < 1.29 is 27.2 Å². The van der Waals surface area contributed by atoms with Crippen molar-refractivity contribution in [1.29, 1.82) is 0 Å². The molecule has 1 heterocycles. The number of anilines is 1. The van der Waals surface area contributed by atoms with Gasteiger partial charge in [-0.2, -0.15) is 0 Å². The molecule has 5 rings (SSSR count). The molecule has 2 aliphatic carbocycles. The standard InChI is InChI=1S/C25H25ClN2O6S/c1-14-20(13-27-34-14)19-11-22(23(12-21(19)26)33-17-4-3-5-17)28-35(30,31)24-10-16(25(29)32-2)8-9-18(24)15-6-7-15/h8-13,15,17,28H,3-7H2,1-2H3.